The van der Waals surface area contributed by atoms with Crippen LogP contribution in [0.15, 0.2) is 24.5 Å². The summed E-state index contributed by atoms with van der Waals surface area (Å²) in [6.45, 7) is 8.92. The first kappa shape index (κ1) is 12.2. The van der Waals surface area contributed by atoms with Crippen LogP contribution in [0.25, 0.3) is 11.0 Å². The van der Waals surface area contributed by atoms with Crippen LogP contribution < -0.4 is 0 Å². The Morgan fingerprint density at radius 1 is 1.18 bits per heavy atom. The number of fused-ring (bicyclic) bond motifs is 1. The van der Waals surface area contributed by atoms with E-state index in [4.69, 9.17) is 0 Å². The molecule has 0 fully saturated rings. The van der Waals surface area contributed by atoms with Crippen molar-refractivity contribution >= 4 is 11.0 Å². The largest absolute Gasteiger partial charge is 0.327 e. The van der Waals surface area contributed by atoms with E-state index in [-0.39, 0.29) is 0 Å². The second-order valence-electron chi connectivity index (χ2n) is 5.03. The van der Waals surface area contributed by atoms with Gasteiger partial charge in [-0.2, -0.15) is 0 Å². The van der Waals surface area contributed by atoms with Crippen LogP contribution in [0.2, 0.25) is 0 Å². The lowest BCUT2D eigenvalue weighted by Gasteiger charge is -2.15. The summed E-state index contributed by atoms with van der Waals surface area (Å²) >= 11 is 0. The fraction of sp³-hybridized carbons (Fsp3) is 0.533. The van der Waals surface area contributed by atoms with E-state index in [1.807, 2.05) is 6.33 Å². The Hall–Kier alpha value is -1.31. The summed E-state index contributed by atoms with van der Waals surface area (Å²) < 4.78 is 2.32. The molecule has 1 aromatic carbocycles. The van der Waals surface area contributed by atoms with Gasteiger partial charge in [-0.25, -0.2) is 4.98 Å². The molecule has 2 heteroatoms. The van der Waals surface area contributed by atoms with Gasteiger partial charge in [0.25, 0.3) is 0 Å². The molecule has 0 bridgehead atoms. The minimum atomic E-state index is 0.567. The highest BCUT2D eigenvalue weighted by Crippen LogP contribution is 2.25. The third-order valence-corrected chi connectivity index (χ3v) is 3.60. The van der Waals surface area contributed by atoms with Gasteiger partial charge in [-0.3, -0.25) is 0 Å². The first-order chi connectivity index (χ1) is 8.17. The van der Waals surface area contributed by atoms with Gasteiger partial charge in [-0.05, 0) is 36.5 Å². The normalized spacial score (nSPS) is 11.9. The molecule has 0 aliphatic carbocycles. The highest BCUT2D eigenvalue weighted by molar-refractivity contribution is 5.76. The predicted molar refractivity (Wildman–Crippen MR) is 73.4 cm³/mol. The molecular formula is C15H22N2. The second kappa shape index (κ2) is 4.91. The number of rotatable bonds is 4. The molecule has 0 radical (unpaired) electrons. The fourth-order valence-corrected chi connectivity index (χ4v) is 2.38. The molecule has 0 aliphatic rings. The number of hydrogen-bond donors (Lipinski definition) is 0. The van der Waals surface area contributed by atoms with E-state index in [0.717, 1.165) is 18.4 Å². The van der Waals surface area contributed by atoms with Crippen molar-refractivity contribution in [2.24, 2.45) is 0 Å². The van der Waals surface area contributed by atoms with Gasteiger partial charge in [-0.1, -0.05) is 33.8 Å². The zero-order chi connectivity index (χ0) is 12.4. The Morgan fingerprint density at radius 2 is 1.88 bits per heavy atom. The van der Waals surface area contributed by atoms with Crippen LogP contribution in [0.4, 0.5) is 0 Å². The monoisotopic (exact) mass is 230 g/mol. The molecule has 2 nitrogen and oxygen atoms in total. The minimum absolute atomic E-state index is 0.567. The highest BCUT2D eigenvalue weighted by atomic mass is 15.1. The third kappa shape index (κ3) is 2.21. The van der Waals surface area contributed by atoms with E-state index in [0.29, 0.717) is 12.0 Å². The third-order valence-electron chi connectivity index (χ3n) is 3.60. The molecule has 2 aromatic rings. The summed E-state index contributed by atoms with van der Waals surface area (Å²) in [5.41, 5.74) is 3.76. The standard InChI is InChI=1S/C15H22N2/c1-5-13(6-2)17-10-16-14-9-12(11(3)4)7-8-15(14)17/h7-11,13H,5-6H2,1-4H3. The van der Waals surface area contributed by atoms with Crippen molar-refractivity contribution in [3.05, 3.63) is 30.1 Å². The quantitative estimate of drug-likeness (QED) is 0.755. The number of hydrogen-bond acceptors (Lipinski definition) is 1. The molecule has 0 spiro atoms. The van der Waals surface area contributed by atoms with E-state index in [2.05, 4.69) is 55.4 Å². The highest BCUT2D eigenvalue weighted by Gasteiger charge is 2.11. The number of aromatic nitrogens is 2. The molecule has 17 heavy (non-hydrogen) atoms. The van der Waals surface area contributed by atoms with Crippen LogP contribution in [-0.2, 0) is 0 Å². The Labute approximate surface area is 104 Å². The van der Waals surface area contributed by atoms with E-state index in [1.54, 1.807) is 0 Å². The van der Waals surface area contributed by atoms with E-state index < -0.39 is 0 Å². The van der Waals surface area contributed by atoms with Gasteiger partial charge in [0.15, 0.2) is 0 Å². The first-order valence-corrected chi connectivity index (χ1v) is 6.63. The van der Waals surface area contributed by atoms with Gasteiger partial charge < -0.3 is 4.57 Å². The molecule has 0 aliphatic heterocycles. The number of nitrogens with zero attached hydrogens (tertiary/aromatic N) is 2. The van der Waals surface area contributed by atoms with Crippen LogP contribution in [0.3, 0.4) is 0 Å². The maximum absolute atomic E-state index is 4.54. The maximum atomic E-state index is 4.54. The molecule has 0 saturated heterocycles. The zero-order valence-corrected chi connectivity index (χ0v) is 11.3. The molecule has 2 rings (SSSR count). The summed E-state index contributed by atoms with van der Waals surface area (Å²) in [7, 11) is 0. The lowest BCUT2D eigenvalue weighted by molar-refractivity contribution is 0.483. The molecule has 1 heterocycles. The Morgan fingerprint density at radius 3 is 2.47 bits per heavy atom. The first-order valence-electron chi connectivity index (χ1n) is 6.63. The lowest BCUT2D eigenvalue weighted by Crippen LogP contribution is -2.05. The average molecular weight is 230 g/mol. The SMILES string of the molecule is CCC(CC)n1cnc2cc(C(C)C)ccc21. The fourth-order valence-electron chi connectivity index (χ4n) is 2.38. The zero-order valence-electron chi connectivity index (χ0n) is 11.3. The van der Waals surface area contributed by atoms with Gasteiger partial charge >= 0.3 is 0 Å². The van der Waals surface area contributed by atoms with Gasteiger partial charge in [0.2, 0.25) is 0 Å². The van der Waals surface area contributed by atoms with Crippen molar-refractivity contribution in [2.75, 3.05) is 0 Å². The number of benzene rings is 1. The second-order valence-corrected chi connectivity index (χ2v) is 5.03. The molecule has 1 aromatic heterocycles. The Bertz CT molecular complexity index is 493. The molecule has 92 valence electrons. The summed E-state index contributed by atoms with van der Waals surface area (Å²) in [6.07, 6.45) is 4.31. The van der Waals surface area contributed by atoms with E-state index in [9.17, 15) is 0 Å². The van der Waals surface area contributed by atoms with Gasteiger partial charge in [0, 0.05) is 6.04 Å². The lowest BCUT2D eigenvalue weighted by atomic mass is 10.0. The molecule has 0 unspecified atom stereocenters. The predicted octanol–water partition coefficient (Wildman–Crippen LogP) is 4.52. The van der Waals surface area contributed by atoms with Gasteiger partial charge in [0.05, 0.1) is 17.4 Å². The van der Waals surface area contributed by atoms with Crippen LogP contribution in [0.1, 0.15) is 58.1 Å². The molecular weight excluding hydrogens is 208 g/mol. The van der Waals surface area contributed by atoms with E-state index >= 15 is 0 Å². The van der Waals surface area contributed by atoms with Crippen LogP contribution in [0.5, 0.6) is 0 Å². The Balaban J connectivity index is 2.48. The van der Waals surface area contributed by atoms with Crippen molar-refractivity contribution in [3.63, 3.8) is 0 Å². The molecule has 0 amide bonds. The minimum Gasteiger partial charge on any atom is -0.327 e. The molecule has 0 atom stereocenters. The van der Waals surface area contributed by atoms with E-state index in [1.165, 1.54) is 11.1 Å². The summed E-state index contributed by atoms with van der Waals surface area (Å²) in [6, 6.07) is 7.24. The summed E-state index contributed by atoms with van der Waals surface area (Å²) in [5.74, 6) is 0.567. The van der Waals surface area contributed by atoms with Crippen LogP contribution >= 0.6 is 0 Å². The van der Waals surface area contributed by atoms with Crippen molar-refractivity contribution < 1.29 is 0 Å². The van der Waals surface area contributed by atoms with Crippen molar-refractivity contribution in [1.29, 1.82) is 0 Å². The number of imidazole rings is 1. The summed E-state index contributed by atoms with van der Waals surface area (Å²) in [5, 5.41) is 0. The van der Waals surface area contributed by atoms with Gasteiger partial charge in [-0.15, -0.1) is 0 Å². The Kier molecular flexibility index (Phi) is 3.51. The topological polar surface area (TPSA) is 17.8 Å². The van der Waals surface area contributed by atoms with Crippen molar-refractivity contribution in [2.45, 2.75) is 52.5 Å². The van der Waals surface area contributed by atoms with Crippen LogP contribution in [-0.4, -0.2) is 9.55 Å². The molecule has 0 saturated carbocycles. The van der Waals surface area contributed by atoms with Crippen LogP contribution in [0, 0.1) is 0 Å². The smallest absolute Gasteiger partial charge is 0.0960 e. The molecule has 0 N–H and O–H groups in total. The maximum Gasteiger partial charge on any atom is 0.0960 e. The average Bonchev–Trinajstić information content (AvgIpc) is 2.74. The summed E-state index contributed by atoms with van der Waals surface area (Å²) in [4.78, 5) is 4.54. The van der Waals surface area contributed by atoms with Crippen molar-refractivity contribution in [1.82, 2.24) is 9.55 Å². The van der Waals surface area contributed by atoms with Gasteiger partial charge in [0.1, 0.15) is 0 Å². The van der Waals surface area contributed by atoms with Crippen molar-refractivity contribution in [3.8, 4) is 0 Å².